The minimum absolute atomic E-state index is 0.0353. The predicted octanol–water partition coefficient (Wildman–Crippen LogP) is 2.83. The number of hydrogen-bond donors (Lipinski definition) is 2. The van der Waals surface area contributed by atoms with Crippen LogP contribution in [0.2, 0.25) is 5.15 Å². The Morgan fingerprint density at radius 3 is 2.74 bits per heavy atom. The molecular formula is C21H21ClN6O3. The molecule has 2 N–H and O–H groups in total. The van der Waals surface area contributed by atoms with Gasteiger partial charge in [0.2, 0.25) is 0 Å². The van der Waals surface area contributed by atoms with E-state index in [-0.39, 0.29) is 17.4 Å². The number of aromatic amines is 1. The lowest BCUT2D eigenvalue weighted by atomic mass is 9.63. The summed E-state index contributed by atoms with van der Waals surface area (Å²) < 4.78 is 0. The molecule has 2 fully saturated rings. The van der Waals surface area contributed by atoms with Gasteiger partial charge in [0.1, 0.15) is 10.7 Å². The molecule has 31 heavy (non-hydrogen) atoms. The van der Waals surface area contributed by atoms with Crippen LogP contribution in [-0.2, 0) is 6.42 Å². The zero-order chi connectivity index (χ0) is 21.6. The number of fused-ring (bicyclic) bond motifs is 1. The number of aromatic nitrogens is 4. The molecule has 2 aromatic heterocycles. The Balaban J connectivity index is 1.41. The zero-order valence-corrected chi connectivity index (χ0v) is 17.4. The molecule has 10 heteroatoms. The van der Waals surface area contributed by atoms with Crippen LogP contribution in [0.3, 0.4) is 0 Å². The second-order valence-electron chi connectivity index (χ2n) is 8.32. The number of carbonyl (C=O) groups excluding carboxylic acids is 1. The first-order chi connectivity index (χ1) is 14.9. The van der Waals surface area contributed by atoms with Crippen molar-refractivity contribution in [3.63, 3.8) is 0 Å². The number of nitrogens with one attached hydrogen (secondary N) is 1. The van der Waals surface area contributed by atoms with Crippen LogP contribution < -0.4 is 0 Å². The highest BCUT2D eigenvalue weighted by molar-refractivity contribution is 6.29. The van der Waals surface area contributed by atoms with Gasteiger partial charge >= 0.3 is 6.09 Å². The average Bonchev–Trinajstić information content (AvgIpc) is 3.25. The minimum atomic E-state index is -0.888. The molecule has 3 aromatic rings. The van der Waals surface area contributed by atoms with Crippen molar-refractivity contribution >= 4 is 34.6 Å². The highest BCUT2D eigenvalue weighted by atomic mass is 35.5. The molecule has 0 aliphatic carbocycles. The van der Waals surface area contributed by atoms with Gasteiger partial charge in [0.05, 0.1) is 5.52 Å². The van der Waals surface area contributed by atoms with E-state index < -0.39 is 6.09 Å². The highest BCUT2D eigenvalue weighted by Gasteiger charge is 2.55. The van der Waals surface area contributed by atoms with Gasteiger partial charge in [0, 0.05) is 42.9 Å². The van der Waals surface area contributed by atoms with Crippen LogP contribution in [0.5, 0.6) is 0 Å². The molecule has 160 valence electrons. The summed E-state index contributed by atoms with van der Waals surface area (Å²) in [6, 6.07) is 8.98. The Hall–Kier alpha value is -3.20. The van der Waals surface area contributed by atoms with Crippen molar-refractivity contribution in [2.24, 2.45) is 5.41 Å². The van der Waals surface area contributed by atoms with E-state index >= 15 is 0 Å². The van der Waals surface area contributed by atoms with Crippen molar-refractivity contribution in [3.05, 3.63) is 52.8 Å². The summed E-state index contributed by atoms with van der Waals surface area (Å²) in [7, 11) is 0. The Morgan fingerprint density at radius 2 is 2.03 bits per heavy atom. The van der Waals surface area contributed by atoms with Crippen molar-refractivity contribution in [1.82, 2.24) is 30.2 Å². The van der Waals surface area contributed by atoms with Crippen molar-refractivity contribution in [1.29, 1.82) is 0 Å². The summed E-state index contributed by atoms with van der Waals surface area (Å²) >= 11 is 5.93. The second-order valence-corrected chi connectivity index (χ2v) is 8.71. The number of carboxylic acid groups (broad SMARTS) is 1. The normalized spacial score (nSPS) is 20.1. The van der Waals surface area contributed by atoms with Gasteiger partial charge in [0.25, 0.3) is 5.91 Å². The van der Waals surface area contributed by atoms with Crippen molar-refractivity contribution < 1.29 is 14.7 Å². The number of piperidine rings is 1. The Bertz CT molecular complexity index is 1140. The zero-order valence-electron chi connectivity index (χ0n) is 16.7. The third kappa shape index (κ3) is 3.48. The van der Waals surface area contributed by atoms with Crippen LogP contribution in [-0.4, -0.2) is 73.0 Å². The molecule has 2 saturated heterocycles. The Morgan fingerprint density at radius 1 is 1.23 bits per heavy atom. The largest absolute Gasteiger partial charge is 0.465 e. The van der Waals surface area contributed by atoms with Crippen LogP contribution in [0.4, 0.5) is 4.79 Å². The molecule has 1 unspecified atom stereocenters. The number of hydrogen-bond acceptors (Lipinski definition) is 5. The minimum Gasteiger partial charge on any atom is -0.465 e. The van der Waals surface area contributed by atoms with Gasteiger partial charge in [-0.2, -0.15) is 0 Å². The van der Waals surface area contributed by atoms with Crippen LogP contribution in [0.15, 0.2) is 36.5 Å². The third-order valence-corrected chi connectivity index (χ3v) is 6.87. The van der Waals surface area contributed by atoms with Gasteiger partial charge in [-0.3, -0.25) is 9.89 Å². The topological polar surface area (TPSA) is 115 Å². The first-order valence-electron chi connectivity index (χ1n) is 10.2. The van der Waals surface area contributed by atoms with Gasteiger partial charge in [-0.05, 0) is 49.1 Å². The number of halogens is 1. The van der Waals surface area contributed by atoms with Gasteiger partial charge in [-0.15, -0.1) is 5.10 Å². The monoisotopic (exact) mass is 440 g/mol. The van der Waals surface area contributed by atoms with E-state index in [0.717, 1.165) is 23.9 Å². The van der Waals surface area contributed by atoms with Gasteiger partial charge in [0.15, 0.2) is 0 Å². The fraction of sp³-hybridized carbons (Fsp3) is 0.381. The molecule has 4 heterocycles. The smallest absolute Gasteiger partial charge is 0.407 e. The van der Waals surface area contributed by atoms with E-state index in [2.05, 4.69) is 20.4 Å². The molecule has 2 aliphatic rings. The van der Waals surface area contributed by atoms with E-state index in [1.165, 1.54) is 4.90 Å². The lowest BCUT2D eigenvalue weighted by Crippen LogP contribution is -2.69. The van der Waals surface area contributed by atoms with Crippen LogP contribution >= 0.6 is 11.6 Å². The van der Waals surface area contributed by atoms with E-state index in [1.54, 1.807) is 24.4 Å². The number of benzene rings is 1. The van der Waals surface area contributed by atoms with Crippen LogP contribution in [0, 0.1) is 5.41 Å². The van der Waals surface area contributed by atoms with E-state index in [0.29, 0.717) is 42.3 Å². The molecule has 0 radical (unpaired) electrons. The van der Waals surface area contributed by atoms with E-state index in [1.807, 2.05) is 17.0 Å². The SMILES string of the molecule is O=C(O)N1CCC2(CC1)CN(C(=O)c1ccc3[nH]nnc3c1)C2Cc1ccc(Cl)nc1. The molecule has 2 amide bonds. The van der Waals surface area contributed by atoms with E-state index in [9.17, 15) is 14.7 Å². The summed E-state index contributed by atoms with van der Waals surface area (Å²) in [4.78, 5) is 32.2. The second kappa shape index (κ2) is 7.49. The number of carbonyl (C=O) groups is 2. The van der Waals surface area contributed by atoms with Gasteiger partial charge in [-0.1, -0.05) is 22.9 Å². The lowest BCUT2D eigenvalue weighted by Gasteiger charge is -2.60. The average molecular weight is 441 g/mol. The predicted molar refractivity (Wildman–Crippen MR) is 113 cm³/mol. The van der Waals surface area contributed by atoms with Gasteiger partial charge < -0.3 is 14.9 Å². The standard InChI is InChI=1S/C21H21ClN6O3/c22-18-4-1-13(11-23-18)9-17-21(5-7-27(8-6-21)20(30)31)12-28(17)19(29)14-2-3-15-16(10-14)25-26-24-15/h1-4,10-11,17H,5-9,12H2,(H,30,31)(H,24,25,26). The highest BCUT2D eigenvalue weighted by Crippen LogP contribution is 2.48. The number of amides is 2. The molecule has 1 atom stereocenters. The summed E-state index contributed by atoms with van der Waals surface area (Å²) in [5.74, 6) is -0.0527. The maximum Gasteiger partial charge on any atom is 0.407 e. The van der Waals surface area contributed by atoms with Gasteiger partial charge in [-0.25, -0.2) is 9.78 Å². The van der Waals surface area contributed by atoms with Crippen molar-refractivity contribution in [2.45, 2.75) is 25.3 Å². The molecule has 5 rings (SSSR count). The first-order valence-corrected chi connectivity index (χ1v) is 10.5. The Labute approximate surface area is 183 Å². The molecular weight excluding hydrogens is 420 g/mol. The fourth-order valence-corrected chi connectivity index (χ4v) is 4.95. The quantitative estimate of drug-likeness (QED) is 0.605. The first kappa shape index (κ1) is 19.7. The summed E-state index contributed by atoms with van der Waals surface area (Å²) in [6.45, 7) is 1.58. The molecule has 9 nitrogen and oxygen atoms in total. The fourth-order valence-electron chi connectivity index (χ4n) is 4.84. The molecule has 1 spiro atoms. The summed E-state index contributed by atoms with van der Waals surface area (Å²) in [5, 5.41) is 20.3. The van der Waals surface area contributed by atoms with E-state index in [4.69, 9.17) is 11.6 Å². The van der Waals surface area contributed by atoms with Crippen LogP contribution in [0.1, 0.15) is 28.8 Å². The van der Waals surface area contributed by atoms with Crippen molar-refractivity contribution in [3.8, 4) is 0 Å². The number of pyridine rings is 1. The van der Waals surface area contributed by atoms with Crippen LogP contribution in [0.25, 0.3) is 11.0 Å². The number of nitrogens with zero attached hydrogens (tertiary/aromatic N) is 5. The number of rotatable bonds is 3. The summed E-state index contributed by atoms with van der Waals surface area (Å²) in [6.07, 6.45) is 2.97. The third-order valence-electron chi connectivity index (χ3n) is 6.65. The lowest BCUT2D eigenvalue weighted by molar-refractivity contribution is -0.0835. The number of H-pyrrole nitrogens is 1. The molecule has 1 aromatic carbocycles. The molecule has 0 saturated carbocycles. The summed E-state index contributed by atoms with van der Waals surface area (Å²) in [5.41, 5.74) is 2.90. The molecule has 0 bridgehead atoms. The molecule has 2 aliphatic heterocycles. The number of likely N-dealkylation sites (tertiary alicyclic amines) is 2. The van der Waals surface area contributed by atoms with Crippen molar-refractivity contribution in [2.75, 3.05) is 19.6 Å². The maximum atomic E-state index is 13.4. The maximum absolute atomic E-state index is 13.4. The Kier molecular flexibility index (Phi) is 4.77.